The molecule has 0 unspecified atom stereocenters. The average molecular weight is 365 g/mol. The smallest absolute Gasteiger partial charge is 0.164 e. The summed E-state index contributed by atoms with van der Waals surface area (Å²) in [7, 11) is 0. The van der Waals surface area contributed by atoms with Crippen LogP contribution in [0.25, 0.3) is 11.0 Å². The van der Waals surface area contributed by atoms with Crippen LogP contribution in [0.4, 0.5) is 0 Å². The highest BCUT2D eigenvalue weighted by Crippen LogP contribution is 2.36. The molecule has 0 amide bonds. The van der Waals surface area contributed by atoms with Crippen molar-refractivity contribution in [3.63, 3.8) is 0 Å². The predicted molar refractivity (Wildman–Crippen MR) is 73.2 cm³/mol. The Kier molecular flexibility index (Phi) is 3.69. The lowest BCUT2D eigenvalue weighted by molar-refractivity contribution is -0.0509. The van der Waals surface area contributed by atoms with Crippen LogP contribution in [0.5, 0.6) is 0 Å². The number of halogens is 2. The van der Waals surface area contributed by atoms with Crippen molar-refractivity contribution in [1.29, 1.82) is 0 Å². The van der Waals surface area contributed by atoms with Crippen LogP contribution in [0.3, 0.4) is 0 Å². The number of ether oxygens (including phenoxy) is 1. The first-order valence-electron chi connectivity index (χ1n) is 5.83. The highest BCUT2D eigenvalue weighted by Gasteiger charge is 2.44. The molecule has 2 aromatic rings. The topological polar surface area (TPSA) is 101 Å². The van der Waals surface area contributed by atoms with Gasteiger partial charge in [0.15, 0.2) is 6.23 Å². The van der Waals surface area contributed by atoms with Gasteiger partial charge in [0.05, 0.1) is 12.0 Å². The van der Waals surface area contributed by atoms with E-state index >= 15 is 0 Å². The van der Waals surface area contributed by atoms with Gasteiger partial charge in [-0.3, -0.25) is 0 Å². The maximum absolute atomic E-state index is 10.1. The van der Waals surface area contributed by atoms with Crippen LogP contribution in [-0.2, 0) is 4.74 Å². The Morgan fingerprint density at radius 3 is 2.75 bits per heavy atom. The Labute approximate surface area is 126 Å². The fourth-order valence-electron chi connectivity index (χ4n) is 2.31. The Hall–Kier alpha value is -0.770. The highest BCUT2D eigenvalue weighted by molar-refractivity contribution is 9.10. The molecule has 9 heteroatoms. The first-order valence-corrected chi connectivity index (χ1v) is 7.00. The van der Waals surface area contributed by atoms with E-state index in [-0.39, 0.29) is 11.8 Å². The molecule has 1 saturated heterocycles. The first-order chi connectivity index (χ1) is 9.54. The number of fused-ring (bicyclic) bond motifs is 1. The lowest BCUT2D eigenvalue weighted by Gasteiger charge is -2.17. The molecule has 0 aliphatic carbocycles. The van der Waals surface area contributed by atoms with Crippen LogP contribution in [0.15, 0.2) is 17.0 Å². The van der Waals surface area contributed by atoms with Gasteiger partial charge in [0.25, 0.3) is 0 Å². The number of aliphatic hydroxyl groups excluding tert-OH is 3. The number of aliphatic hydroxyl groups is 3. The van der Waals surface area contributed by atoms with E-state index in [0.29, 0.717) is 15.5 Å². The molecule has 1 aliphatic rings. The van der Waals surface area contributed by atoms with Crippen molar-refractivity contribution in [2.45, 2.75) is 24.5 Å². The van der Waals surface area contributed by atoms with Crippen LogP contribution in [-0.4, -0.2) is 54.8 Å². The number of rotatable bonds is 2. The molecular weight excluding hydrogens is 353 g/mol. The van der Waals surface area contributed by atoms with Gasteiger partial charge in [0.1, 0.15) is 35.4 Å². The third kappa shape index (κ3) is 2.03. The highest BCUT2D eigenvalue weighted by atomic mass is 79.9. The molecule has 20 heavy (non-hydrogen) atoms. The maximum Gasteiger partial charge on any atom is 0.164 e. The maximum atomic E-state index is 10.1. The van der Waals surface area contributed by atoms with E-state index in [1.54, 1.807) is 10.8 Å². The summed E-state index contributed by atoms with van der Waals surface area (Å²) in [6.07, 6.45) is -1.10. The second-order valence-electron chi connectivity index (χ2n) is 4.48. The second-order valence-corrected chi connectivity index (χ2v) is 5.69. The normalized spacial score (nSPS) is 30.2. The van der Waals surface area contributed by atoms with Gasteiger partial charge in [-0.05, 0) is 15.9 Å². The summed E-state index contributed by atoms with van der Waals surface area (Å²) in [4.78, 5) is 8.01. The van der Waals surface area contributed by atoms with Crippen molar-refractivity contribution in [2.24, 2.45) is 0 Å². The largest absolute Gasteiger partial charge is 0.394 e. The fraction of sp³-hybridized carbons (Fsp3) is 0.455. The number of nitrogens with zero attached hydrogens (tertiary/aromatic N) is 3. The molecular formula is C11H11BrClN3O4. The van der Waals surface area contributed by atoms with Crippen molar-refractivity contribution in [2.75, 3.05) is 6.61 Å². The van der Waals surface area contributed by atoms with Crippen molar-refractivity contribution >= 4 is 38.6 Å². The molecule has 108 valence electrons. The van der Waals surface area contributed by atoms with Crippen LogP contribution >= 0.6 is 27.5 Å². The van der Waals surface area contributed by atoms with Gasteiger partial charge >= 0.3 is 0 Å². The lowest BCUT2D eigenvalue weighted by Crippen LogP contribution is -2.33. The van der Waals surface area contributed by atoms with Gasteiger partial charge in [0.2, 0.25) is 0 Å². The Balaban J connectivity index is 2.10. The Morgan fingerprint density at radius 2 is 2.10 bits per heavy atom. The van der Waals surface area contributed by atoms with Gasteiger partial charge in [-0.2, -0.15) is 0 Å². The molecule has 3 N–H and O–H groups in total. The van der Waals surface area contributed by atoms with Gasteiger partial charge in [-0.25, -0.2) is 9.97 Å². The van der Waals surface area contributed by atoms with Gasteiger partial charge in [-0.1, -0.05) is 11.6 Å². The van der Waals surface area contributed by atoms with Crippen LogP contribution < -0.4 is 0 Å². The molecule has 3 rings (SSSR count). The molecule has 1 aliphatic heterocycles. The van der Waals surface area contributed by atoms with E-state index < -0.39 is 24.5 Å². The molecule has 7 nitrogen and oxygen atoms in total. The standard InChI is InChI=1S/C11H11BrClN3O4/c12-4-1-16(10-6(4)9(13)14-3-15-10)11-8(19)7(18)5(2-17)20-11/h1,3,5,7-8,11,17-19H,2H2/t5-,7+,8+,11-/m0/s1. The molecule has 1 fully saturated rings. The second kappa shape index (κ2) is 5.21. The molecule has 0 bridgehead atoms. The monoisotopic (exact) mass is 363 g/mol. The molecule has 2 aromatic heterocycles. The summed E-state index contributed by atoms with van der Waals surface area (Å²) >= 11 is 9.36. The minimum atomic E-state index is -1.18. The van der Waals surface area contributed by atoms with Crippen LogP contribution in [0.2, 0.25) is 5.15 Å². The summed E-state index contributed by atoms with van der Waals surface area (Å²) in [5.74, 6) is 0. The third-order valence-corrected chi connectivity index (χ3v) is 4.20. The number of hydrogen-bond acceptors (Lipinski definition) is 6. The lowest BCUT2D eigenvalue weighted by atomic mass is 10.1. The number of aromatic nitrogens is 3. The van der Waals surface area contributed by atoms with Crippen LogP contribution in [0.1, 0.15) is 6.23 Å². The van der Waals surface area contributed by atoms with Gasteiger partial charge in [-0.15, -0.1) is 0 Å². The Morgan fingerprint density at radius 1 is 1.35 bits per heavy atom. The zero-order chi connectivity index (χ0) is 14.4. The average Bonchev–Trinajstić information content (AvgIpc) is 2.90. The van der Waals surface area contributed by atoms with Crippen molar-refractivity contribution in [3.8, 4) is 0 Å². The molecule has 0 spiro atoms. The molecule has 0 aromatic carbocycles. The summed E-state index contributed by atoms with van der Waals surface area (Å²) in [6, 6.07) is 0. The third-order valence-electron chi connectivity index (χ3n) is 3.31. The fourth-order valence-corrected chi connectivity index (χ4v) is 3.24. The quantitative estimate of drug-likeness (QED) is 0.669. The van der Waals surface area contributed by atoms with Crippen molar-refractivity contribution < 1.29 is 20.1 Å². The summed E-state index contributed by atoms with van der Waals surface area (Å²) in [5, 5.41) is 29.8. The zero-order valence-corrected chi connectivity index (χ0v) is 12.4. The van der Waals surface area contributed by atoms with E-state index in [9.17, 15) is 10.2 Å². The van der Waals surface area contributed by atoms with E-state index in [4.69, 9.17) is 21.4 Å². The van der Waals surface area contributed by atoms with Gasteiger partial charge in [0, 0.05) is 10.7 Å². The Bertz CT molecular complexity index is 652. The van der Waals surface area contributed by atoms with Gasteiger partial charge < -0.3 is 24.6 Å². The van der Waals surface area contributed by atoms with E-state index in [2.05, 4.69) is 25.9 Å². The summed E-state index contributed by atoms with van der Waals surface area (Å²) < 4.78 is 7.67. The van der Waals surface area contributed by atoms with E-state index in [1.165, 1.54) is 6.33 Å². The molecule has 0 radical (unpaired) electrons. The van der Waals surface area contributed by atoms with E-state index in [1.807, 2.05) is 0 Å². The first kappa shape index (κ1) is 14.2. The predicted octanol–water partition coefficient (Wildman–Crippen LogP) is 0.459. The molecule has 4 atom stereocenters. The minimum Gasteiger partial charge on any atom is -0.394 e. The molecule has 3 heterocycles. The molecule has 0 saturated carbocycles. The van der Waals surface area contributed by atoms with Crippen molar-refractivity contribution in [3.05, 3.63) is 22.1 Å². The number of hydrogen-bond donors (Lipinski definition) is 3. The van der Waals surface area contributed by atoms with E-state index in [0.717, 1.165) is 0 Å². The summed E-state index contributed by atoms with van der Waals surface area (Å²) in [5.41, 5.74) is 0.465. The van der Waals surface area contributed by atoms with Crippen LogP contribution in [0, 0.1) is 0 Å². The summed E-state index contributed by atoms with van der Waals surface area (Å²) in [6.45, 7) is -0.384. The zero-order valence-electron chi connectivity index (χ0n) is 10.0. The minimum absolute atomic E-state index is 0.271. The SMILES string of the molecule is OC[C@@H]1O[C@H](n2cc(Br)c3c(Cl)ncnc32)[C@H](O)[C@@H]1O. The van der Waals surface area contributed by atoms with Crippen molar-refractivity contribution in [1.82, 2.24) is 14.5 Å².